The average Bonchev–Trinajstić information content (AvgIpc) is 2.99. The third-order valence-corrected chi connectivity index (χ3v) is 7.67. The molecule has 0 bridgehead atoms. The van der Waals surface area contributed by atoms with Crippen LogP contribution in [0.3, 0.4) is 0 Å². The van der Waals surface area contributed by atoms with E-state index >= 15 is 0 Å². The Morgan fingerprint density at radius 1 is 0.821 bits per heavy atom. The number of para-hydroxylation sites is 1. The molecule has 1 fully saturated rings. The molecule has 4 aromatic carbocycles. The molecule has 1 saturated heterocycles. The number of nitrogens with one attached hydrogen (secondary N) is 1. The van der Waals surface area contributed by atoms with Crippen LogP contribution in [0.25, 0.3) is 10.8 Å². The van der Waals surface area contributed by atoms with Crippen LogP contribution in [-0.2, 0) is 17.8 Å². The van der Waals surface area contributed by atoms with E-state index in [0.29, 0.717) is 31.7 Å². The molecule has 1 heterocycles. The van der Waals surface area contributed by atoms with E-state index in [0.717, 1.165) is 55.2 Å². The highest BCUT2D eigenvalue weighted by Crippen LogP contribution is 2.35. The second-order valence-corrected chi connectivity index (χ2v) is 10.2. The molecule has 0 aromatic heterocycles. The molecule has 204 valence electrons. The van der Waals surface area contributed by atoms with Crippen molar-refractivity contribution in [2.75, 3.05) is 40.5 Å². The third kappa shape index (κ3) is 6.92. The zero-order valence-electron chi connectivity index (χ0n) is 23.0. The van der Waals surface area contributed by atoms with E-state index in [9.17, 15) is 0 Å². The third-order valence-electron chi connectivity index (χ3n) is 7.67. The maximum atomic E-state index is 6.00. The molecule has 0 saturated carbocycles. The zero-order chi connectivity index (χ0) is 26.9. The van der Waals surface area contributed by atoms with Gasteiger partial charge < -0.3 is 24.3 Å². The molecule has 1 aliphatic heterocycles. The molecular formula is C34H39NO4. The van der Waals surface area contributed by atoms with E-state index < -0.39 is 0 Å². The summed E-state index contributed by atoms with van der Waals surface area (Å²) in [5, 5.41) is 6.02. The fourth-order valence-corrected chi connectivity index (χ4v) is 5.67. The Morgan fingerprint density at radius 2 is 1.62 bits per heavy atom. The number of hydrogen-bond acceptors (Lipinski definition) is 5. The lowest BCUT2D eigenvalue weighted by atomic mass is 9.78. The van der Waals surface area contributed by atoms with E-state index in [1.54, 1.807) is 14.2 Å². The minimum Gasteiger partial charge on any atom is -0.496 e. The van der Waals surface area contributed by atoms with Gasteiger partial charge in [-0.2, -0.15) is 0 Å². The van der Waals surface area contributed by atoms with Crippen LogP contribution < -0.4 is 19.5 Å². The summed E-state index contributed by atoms with van der Waals surface area (Å²) in [5.74, 6) is 3.77. The topological polar surface area (TPSA) is 49.0 Å². The minimum absolute atomic E-state index is 0.515. The lowest BCUT2D eigenvalue weighted by Gasteiger charge is -2.33. The molecule has 4 aromatic rings. The molecule has 5 rings (SSSR count). The molecule has 0 aliphatic carbocycles. The summed E-state index contributed by atoms with van der Waals surface area (Å²) >= 11 is 0. The minimum atomic E-state index is 0.515. The van der Waals surface area contributed by atoms with Crippen molar-refractivity contribution >= 4 is 10.8 Å². The van der Waals surface area contributed by atoms with Crippen molar-refractivity contribution < 1.29 is 18.9 Å². The first-order chi connectivity index (χ1) is 19.2. The van der Waals surface area contributed by atoms with Gasteiger partial charge in [0, 0.05) is 17.4 Å². The summed E-state index contributed by atoms with van der Waals surface area (Å²) in [7, 11) is 3.45. The molecule has 0 spiro atoms. The van der Waals surface area contributed by atoms with Crippen LogP contribution >= 0.6 is 0 Å². The van der Waals surface area contributed by atoms with E-state index in [-0.39, 0.29) is 0 Å². The largest absolute Gasteiger partial charge is 0.496 e. The maximum absolute atomic E-state index is 6.00. The van der Waals surface area contributed by atoms with Gasteiger partial charge in [0.15, 0.2) is 0 Å². The molecule has 5 heteroatoms. The van der Waals surface area contributed by atoms with Gasteiger partial charge in [0.25, 0.3) is 0 Å². The number of piperidine rings is 1. The molecular weight excluding hydrogens is 486 g/mol. The highest BCUT2D eigenvalue weighted by Gasteiger charge is 2.27. The zero-order valence-corrected chi connectivity index (χ0v) is 23.0. The predicted octanol–water partition coefficient (Wildman–Crippen LogP) is 6.78. The summed E-state index contributed by atoms with van der Waals surface area (Å²) < 4.78 is 22.9. The molecule has 39 heavy (non-hydrogen) atoms. The van der Waals surface area contributed by atoms with Gasteiger partial charge in [-0.25, -0.2) is 0 Å². The van der Waals surface area contributed by atoms with Crippen LogP contribution in [0.4, 0.5) is 0 Å². The average molecular weight is 526 g/mol. The van der Waals surface area contributed by atoms with Crippen molar-refractivity contribution in [3.8, 4) is 17.2 Å². The number of fused-ring (bicyclic) bond motifs is 1. The monoisotopic (exact) mass is 525 g/mol. The van der Waals surface area contributed by atoms with Gasteiger partial charge in [-0.3, -0.25) is 0 Å². The van der Waals surface area contributed by atoms with Gasteiger partial charge in [-0.1, -0.05) is 60.7 Å². The predicted molar refractivity (Wildman–Crippen MR) is 157 cm³/mol. The maximum Gasteiger partial charge on any atom is 0.126 e. The summed E-state index contributed by atoms with van der Waals surface area (Å²) in [6.07, 6.45) is 2.99. The number of ether oxygens (including phenoxy) is 4. The standard InChI is InChI=1S/C34H39NO4/c1-36-33-11-6-4-9-28(33)24-38-18-7-19-39-30-14-12-26(13-15-30)31-16-17-35-23-29(31)21-25-20-27-8-3-5-10-32(27)34(22-25)37-2/h3-6,8-15,20,22,29,31,35H,7,16-19,21,23-24H2,1-2H3. The van der Waals surface area contributed by atoms with E-state index in [4.69, 9.17) is 18.9 Å². The first-order valence-corrected chi connectivity index (χ1v) is 13.9. The number of benzene rings is 4. The Bertz CT molecular complexity index is 1340. The van der Waals surface area contributed by atoms with Crippen LogP contribution in [-0.4, -0.2) is 40.5 Å². The van der Waals surface area contributed by atoms with E-state index in [1.165, 1.54) is 21.9 Å². The summed E-state index contributed by atoms with van der Waals surface area (Å²) in [6.45, 7) is 3.89. The Hall–Kier alpha value is -3.54. The van der Waals surface area contributed by atoms with Gasteiger partial charge in [-0.05, 0) is 78.5 Å². The highest BCUT2D eigenvalue weighted by molar-refractivity contribution is 5.89. The Balaban J connectivity index is 1.14. The van der Waals surface area contributed by atoms with Crippen LogP contribution in [0.5, 0.6) is 17.2 Å². The van der Waals surface area contributed by atoms with Crippen molar-refractivity contribution in [3.63, 3.8) is 0 Å². The van der Waals surface area contributed by atoms with Gasteiger partial charge in [0.2, 0.25) is 0 Å². The fraction of sp³-hybridized carbons (Fsp3) is 0.353. The molecule has 5 nitrogen and oxygen atoms in total. The summed E-state index contributed by atoms with van der Waals surface area (Å²) in [6, 6.07) is 29.7. The van der Waals surface area contributed by atoms with E-state index in [2.05, 4.69) is 66.0 Å². The van der Waals surface area contributed by atoms with Gasteiger partial charge >= 0.3 is 0 Å². The first-order valence-electron chi connectivity index (χ1n) is 13.9. The Labute approximate surface area is 232 Å². The van der Waals surface area contributed by atoms with Crippen molar-refractivity contribution in [2.24, 2.45) is 5.92 Å². The lowest BCUT2D eigenvalue weighted by Crippen LogP contribution is -2.36. The van der Waals surface area contributed by atoms with Crippen molar-refractivity contribution in [3.05, 3.63) is 102 Å². The fourth-order valence-electron chi connectivity index (χ4n) is 5.67. The normalized spacial score (nSPS) is 17.2. The smallest absolute Gasteiger partial charge is 0.126 e. The highest BCUT2D eigenvalue weighted by atomic mass is 16.5. The molecule has 2 atom stereocenters. The van der Waals surface area contributed by atoms with Crippen molar-refractivity contribution in [1.82, 2.24) is 5.32 Å². The van der Waals surface area contributed by atoms with Crippen molar-refractivity contribution in [1.29, 1.82) is 0 Å². The van der Waals surface area contributed by atoms with Gasteiger partial charge in [0.05, 0.1) is 34.0 Å². The number of hydrogen-bond donors (Lipinski definition) is 1. The van der Waals surface area contributed by atoms with Gasteiger partial charge in [-0.15, -0.1) is 0 Å². The first kappa shape index (κ1) is 27.0. The van der Waals surface area contributed by atoms with Crippen LogP contribution in [0.2, 0.25) is 0 Å². The van der Waals surface area contributed by atoms with Crippen LogP contribution in [0, 0.1) is 5.92 Å². The summed E-state index contributed by atoms with van der Waals surface area (Å²) in [5.41, 5.74) is 3.78. The Morgan fingerprint density at radius 3 is 2.46 bits per heavy atom. The number of methoxy groups -OCH3 is 2. The Kier molecular flexibility index (Phi) is 9.36. The molecule has 0 radical (unpaired) electrons. The van der Waals surface area contributed by atoms with Crippen LogP contribution in [0.15, 0.2) is 84.9 Å². The van der Waals surface area contributed by atoms with Crippen LogP contribution in [0.1, 0.15) is 35.4 Å². The van der Waals surface area contributed by atoms with Gasteiger partial charge in [0.1, 0.15) is 17.2 Å². The summed E-state index contributed by atoms with van der Waals surface area (Å²) in [4.78, 5) is 0. The second kappa shape index (κ2) is 13.5. The second-order valence-electron chi connectivity index (χ2n) is 10.2. The van der Waals surface area contributed by atoms with Crippen molar-refractivity contribution in [2.45, 2.75) is 31.8 Å². The van der Waals surface area contributed by atoms with E-state index in [1.807, 2.05) is 24.3 Å². The molecule has 1 N–H and O–H groups in total. The lowest BCUT2D eigenvalue weighted by molar-refractivity contribution is 0.105. The quantitative estimate of drug-likeness (QED) is 0.207. The number of rotatable bonds is 12. The molecule has 1 aliphatic rings. The SMILES string of the molecule is COc1ccccc1COCCCOc1ccc(C2CCNCC2Cc2cc(OC)c3ccccc3c2)cc1. The molecule has 2 unspecified atom stereocenters. The molecule has 0 amide bonds.